The lowest BCUT2D eigenvalue weighted by molar-refractivity contribution is 0.145. The molecule has 3 N–H and O–H groups in total. The minimum Gasteiger partial charge on any atom is -0.457 e. The molecule has 3 rings (SSSR count). The van der Waals surface area contributed by atoms with Crippen LogP contribution in [0.25, 0.3) is 0 Å². The van der Waals surface area contributed by atoms with Crippen molar-refractivity contribution in [3.8, 4) is 11.5 Å². The molecule has 2 atom stereocenters. The minimum absolute atomic E-state index is 0.468. The summed E-state index contributed by atoms with van der Waals surface area (Å²) in [5.74, 6) is 1.48. The van der Waals surface area contributed by atoms with Gasteiger partial charge in [-0.2, -0.15) is 0 Å². The molecule has 3 aromatic carbocycles. The van der Waals surface area contributed by atoms with Crippen molar-refractivity contribution in [1.29, 1.82) is 0 Å². The Morgan fingerprint density at radius 2 is 1.42 bits per heavy atom. The summed E-state index contributed by atoms with van der Waals surface area (Å²) in [4.78, 5) is 0. The van der Waals surface area contributed by atoms with Crippen molar-refractivity contribution in [2.45, 2.75) is 18.6 Å². The van der Waals surface area contributed by atoms with E-state index in [2.05, 4.69) is 0 Å². The minimum atomic E-state index is -0.653. The molecule has 0 fully saturated rings. The Kier molecular flexibility index (Phi) is 5.26. The summed E-state index contributed by atoms with van der Waals surface area (Å²) in [6.45, 7) is 0. The van der Waals surface area contributed by atoms with Crippen molar-refractivity contribution >= 4 is 0 Å². The number of benzene rings is 3. The first-order valence-electron chi connectivity index (χ1n) is 8.03. The molecule has 0 aliphatic carbocycles. The Balaban J connectivity index is 1.70. The molecule has 0 spiro atoms. The standard InChI is InChI=1S/C21H21NO2/c22-21(20(23)14-16-8-3-1-4-9-16)17-10-7-13-19(15-17)24-18-11-5-2-6-12-18/h1-13,15,20-21,23H,14,22H2/t20-,21+/m0/s1. The Morgan fingerprint density at radius 3 is 2.12 bits per heavy atom. The molecule has 0 aliphatic rings. The molecule has 0 aromatic heterocycles. The highest BCUT2D eigenvalue weighted by Gasteiger charge is 2.18. The lowest BCUT2D eigenvalue weighted by atomic mass is 9.97. The third kappa shape index (κ3) is 4.22. The van der Waals surface area contributed by atoms with Crippen LogP contribution in [0.1, 0.15) is 17.2 Å². The van der Waals surface area contributed by atoms with Gasteiger partial charge in [-0.25, -0.2) is 0 Å². The Hall–Kier alpha value is -2.62. The van der Waals surface area contributed by atoms with Crippen molar-refractivity contribution in [1.82, 2.24) is 0 Å². The average molecular weight is 319 g/mol. The SMILES string of the molecule is N[C@H](c1cccc(Oc2ccccc2)c1)[C@@H](O)Cc1ccccc1. The zero-order chi connectivity index (χ0) is 16.8. The van der Waals surface area contributed by atoms with Crippen molar-refractivity contribution in [3.63, 3.8) is 0 Å². The second-order valence-electron chi connectivity index (χ2n) is 5.77. The first-order valence-corrected chi connectivity index (χ1v) is 8.03. The normalized spacial score (nSPS) is 13.2. The molecule has 0 radical (unpaired) electrons. The highest BCUT2D eigenvalue weighted by Crippen LogP contribution is 2.25. The maximum atomic E-state index is 10.4. The molecular formula is C21H21NO2. The number of aliphatic hydroxyl groups excluding tert-OH is 1. The van der Waals surface area contributed by atoms with Gasteiger partial charge in [0, 0.05) is 6.42 Å². The number of hydrogen-bond acceptors (Lipinski definition) is 3. The quantitative estimate of drug-likeness (QED) is 0.720. The van der Waals surface area contributed by atoms with E-state index in [1.807, 2.05) is 84.9 Å². The van der Waals surface area contributed by atoms with E-state index in [-0.39, 0.29) is 0 Å². The van der Waals surface area contributed by atoms with Crippen molar-refractivity contribution in [3.05, 3.63) is 96.1 Å². The van der Waals surface area contributed by atoms with Gasteiger partial charge >= 0.3 is 0 Å². The van der Waals surface area contributed by atoms with E-state index in [0.717, 1.165) is 16.9 Å². The smallest absolute Gasteiger partial charge is 0.127 e. The molecule has 0 heterocycles. The van der Waals surface area contributed by atoms with Crippen molar-refractivity contribution < 1.29 is 9.84 Å². The maximum absolute atomic E-state index is 10.4. The number of para-hydroxylation sites is 1. The Bertz CT molecular complexity index is 759. The molecule has 3 nitrogen and oxygen atoms in total. The second-order valence-corrected chi connectivity index (χ2v) is 5.77. The van der Waals surface area contributed by atoms with E-state index in [9.17, 15) is 5.11 Å². The number of ether oxygens (including phenoxy) is 1. The summed E-state index contributed by atoms with van der Waals surface area (Å²) in [5, 5.41) is 10.4. The highest BCUT2D eigenvalue weighted by molar-refractivity contribution is 5.35. The first kappa shape index (κ1) is 16.2. The van der Waals surface area contributed by atoms with Gasteiger partial charge in [-0.05, 0) is 35.4 Å². The van der Waals surface area contributed by atoms with Gasteiger partial charge in [0.1, 0.15) is 11.5 Å². The number of nitrogens with two attached hydrogens (primary N) is 1. The van der Waals surface area contributed by atoms with Crippen LogP contribution in [0.4, 0.5) is 0 Å². The fraction of sp³-hybridized carbons (Fsp3) is 0.143. The number of rotatable bonds is 6. The Morgan fingerprint density at radius 1 is 0.792 bits per heavy atom. The summed E-state index contributed by atoms with van der Waals surface area (Å²) >= 11 is 0. The van der Waals surface area contributed by atoms with E-state index in [4.69, 9.17) is 10.5 Å². The first-order chi connectivity index (χ1) is 11.7. The molecule has 0 aliphatic heterocycles. The summed E-state index contributed by atoms with van der Waals surface area (Å²) in [6, 6.07) is 26.6. The van der Waals surface area contributed by atoms with E-state index < -0.39 is 12.1 Å². The third-order valence-corrected chi connectivity index (χ3v) is 3.92. The highest BCUT2D eigenvalue weighted by atomic mass is 16.5. The van der Waals surface area contributed by atoms with Gasteiger partial charge in [0.05, 0.1) is 12.1 Å². The van der Waals surface area contributed by atoms with E-state index >= 15 is 0 Å². The zero-order valence-corrected chi connectivity index (χ0v) is 13.4. The Labute approximate surface area is 142 Å². The van der Waals surface area contributed by atoms with Crippen LogP contribution in [0.2, 0.25) is 0 Å². The van der Waals surface area contributed by atoms with E-state index in [1.54, 1.807) is 0 Å². The summed E-state index contributed by atoms with van der Waals surface area (Å²) in [7, 11) is 0. The van der Waals surface area contributed by atoms with Crippen LogP contribution in [0.5, 0.6) is 11.5 Å². The molecule has 0 amide bonds. The van der Waals surface area contributed by atoms with Gasteiger partial charge in [-0.1, -0.05) is 60.7 Å². The lowest BCUT2D eigenvalue weighted by Gasteiger charge is -2.20. The average Bonchev–Trinajstić information content (AvgIpc) is 2.63. The van der Waals surface area contributed by atoms with Gasteiger partial charge in [-0.15, -0.1) is 0 Å². The predicted octanol–water partition coefficient (Wildman–Crippen LogP) is 4.08. The molecule has 0 saturated heterocycles. The van der Waals surface area contributed by atoms with Crippen molar-refractivity contribution in [2.24, 2.45) is 5.73 Å². The maximum Gasteiger partial charge on any atom is 0.127 e. The van der Waals surface area contributed by atoms with Crippen LogP contribution >= 0.6 is 0 Å². The van der Waals surface area contributed by atoms with Crippen LogP contribution in [0.15, 0.2) is 84.9 Å². The van der Waals surface area contributed by atoms with Crippen LogP contribution in [-0.2, 0) is 6.42 Å². The third-order valence-electron chi connectivity index (χ3n) is 3.92. The monoisotopic (exact) mass is 319 g/mol. The summed E-state index contributed by atoms with van der Waals surface area (Å²) in [5.41, 5.74) is 8.16. The fourth-order valence-electron chi connectivity index (χ4n) is 2.61. The van der Waals surface area contributed by atoms with Gasteiger partial charge in [-0.3, -0.25) is 0 Å². The topological polar surface area (TPSA) is 55.5 Å². The van der Waals surface area contributed by atoms with E-state index in [1.165, 1.54) is 0 Å². The summed E-state index contributed by atoms with van der Waals surface area (Å²) in [6.07, 6.45) is -0.134. The van der Waals surface area contributed by atoms with Gasteiger partial charge in [0.15, 0.2) is 0 Å². The van der Waals surface area contributed by atoms with Crippen molar-refractivity contribution in [2.75, 3.05) is 0 Å². The summed E-state index contributed by atoms with van der Waals surface area (Å²) < 4.78 is 5.83. The predicted molar refractivity (Wildman–Crippen MR) is 96.0 cm³/mol. The number of aliphatic hydroxyl groups is 1. The van der Waals surface area contributed by atoms with Crippen LogP contribution < -0.4 is 10.5 Å². The molecule has 0 bridgehead atoms. The molecule has 0 unspecified atom stereocenters. The van der Waals surface area contributed by atoms with Crippen LogP contribution in [0, 0.1) is 0 Å². The fourth-order valence-corrected chi connectivity index (χ4v) is 2.61. The van der Waals surface area contributed by atoms with Crippen LogP contribution in [-0.4, -0.2) is 11.2 Å². The molecular weight excluding hydrogens is 298 g/mol. The van der Waals surface area contributed by atoms with Gasteiger partial charge < -0.3 is 15.6 Å². The molecule has 3 aromatic rings. The second kappa shape index (κ2) is 7.77. The molecule has 0 saturated carbocycles. The molecule has 24 heavy (non-hydrogen) atoms. The zero-order valence-electron chi connectivity index (χ0n) is 13.4. The lowest BCUT2D eigenvalue weighted by Crippen LogP contribution is -2.28. The van der Waals surface area contributed by atoms with E-state index in [0.29, 0.717) is 12.2 Å². The van der Waals surface area contributed by atoms with Crippen LogP contribution in [0.3, 0.4) is 0 Å². The van der Waals surface area contributed by atoms with Gasteiger partial charge in [0.25, 0.3) is 0 Å². The molecule has 3 heteroatoms. The number of hydrogen-bond donors (Lipinski definition) is 2. The largest absolute Gasteiger partial charge is 0.457 e. The van der Waals surface area contributed by atoms with Gasteiger partial charge in [0.2, 0.25) is 0 Å². The molecule has 122 valence electrons.